The van der Waals surface area contributed by atoms with Gasteiger partial charge < -0.3 is 16.0 Å². The second-order valence-electron chi connectivity index (χ2n) is 5.35. The smallest absolute Gasteiger partial charge is 0.323 e. The van der Waals surface area contributed by atoms with E-state index in [1.165, 1.54) is 16.8 Å². The molecule has 0 fully saturated rings. The summed E-state index contributed by atoms with van der Waals surface area (Å²) in [5.74, 6) is 0. The van der Waals surface area contributed by atoms with Gasteiger partial charge in [0.2, 0.25) is 0 Å². The number of rotatable bonds is 2. The van der Waals surface area contributed by atoms with E-state index in [0.717, 1.165) is 30.8 Å². The van der Waals surface area contributed by atoms with Gasteiger partial charge in [-0.3, -0.25) is 0 Å². The van der Waals surface area contributed by atoms with Crippen molar-refractivity contribution in [2.45, 2.75) is 19.8 Å². The maximum absolute atomic E-state index is 12.0. The molecule has 0 saturated heterocycles. The molecule has 0 atom stereocenters. The molecule has 0 aliphatic carbocycles. The normalized spacial score (nSPS) is 13.0. The standard InChI is InChI=1S/C17H19N3O/c1-12-4-6-14(7-5-12)19-17(21)20-15-8-9-16-13(11-15)3-2-10-18-16/h4-9,11,18H,2-3,10H2,1H3,(H2,19,20,21). The van der Waals surface area contributed by atoms with Crippen molar-refractivity contribution in [3.8, 4) is 0 Å². The first-order valence-electron chi connectivity index (χ1n) is 7.22. The molecule has 4 heteroatoms. The van der Waals surface area contributed by atoms with Gasteiger partial charge in [0, 0.05) is 23.6 Å². The van der Waals surface area contributed by atoms with Crippen LogP contribution in [0.5, 0.6) is 0 Å². The van der Waals surface area contributed by atoms with Gasteiger partial charge in [0.15, 0.2) is 0 Å². The van der Waals surface area contributed by atoms with E-state index < -0.39 is 0 Å². The molecule has 0 aromatic heterocycles. The molecule has 3 N–H and O–H groups in total. The summed E-state index contributed by atoms with van der Waals surface area (Å²) in [6.45, 7) is 3.04. The molecule has 0 bridgehead atoms. The van der Waals surface area contributed by atoms with Crippen LogP contribution in [-0.2, 0) is 6.42 Å². The van der Waals surface area contributed by atoms with Gasteiger partial charge in [-0.15, -0.1) is 0 Å². The fourth-order valence-corrected chi connectivity index (χ4v) is 2.48. The van der Waals surface area contributed by atoms with Crippen molar-refractivity contribution < 1.29 is 4.79 Å². The summed E-state index contributed by atoms with van der Waals surface area (Å²) in [6, 6.07) is 13.5. The molecule has 0 unspecified atom stereocenters. The summed E-state index contributed by atoms with van der Waals surface area (Å²) in [6.07, 6.45) is 2.18. The molecule has 108 valence electrons. The minimum atomic E-state index is -0.220. The van der Waals surface area contributed by atoms with E-state index in [0.29, 0.717) is 0 Å². The van der Waals surface area contributed by atoms with Gasteiger partial charge in [-0.2, -0.15) is 0 Å². The Kier molecular flexibility index (Phi) is 3.77. The topological polar surface area (TPSA) is 53.2 Å². The maximum Gasteiger partial charge on any atom is 0.323 e. The van der Waals surface area contributed by atoms with E-state index in [4.69, 9.17) is 0 Å². The molecule has 0 saturated carbocycles. The third-order valence-electron chi connectivity index (χ3n) is 3.61. The van der Waals surface area contributed by atoms with Crippen molar-refractivity contribution in [3.63, 3.8) is 0 Å². The van der Waals surface area contributed by atoms with E-state index in [2.05, 4.69) is 16.0 Å². The van der Waals surface area contributed by atoms with E-state index >= 15 is 0 Å². The first kappa shape index (κ1) is 13.5. The number of hydrogen-bond donors (Lipinski definition) is 3. The number of hydrogen-bond acceptors (Lipinski definition) is 2. The van der Waals surface area contributed by atoms with Gasteiger partial charge in [0.1, 0.15) is 0 Å². The average molecular weight is 281 g/mol. The summed E-state index contributed by atoms with van der Waals surface area (Å²) in [4.78, 5) is 12.0. The summed E-state index contributed by atoms with van der Waals surface area (Å²) >= 11 is 0. The number of fused-ring (bicyclic) bond motifs is 1. The molecule has 1 heterocycles. The number of benzene rings is 2. The zero-order valence-corrected chi connectivity index (χ0v) is 12.1. The van der Waals surface area contributed by atoms with Crippen LogP contribution < -0.4 is 16.0 Å². The number of nitrogens with one attached hydrogen (secondary N) is 3. The third-order valence-corrected chi connectivity index (χ3v) is 3.61. The maximum atomic E-state index is 12.0. The largest absolute Gasteiger partial charge is 0.385 e. The third kappa shape index (κ3) is 3.34. The molecule has 2 amide bonds. The number of urea groups is 1. The highest BCUT2D eigenvalue weighted by Crippen LogP contribution is 2.25. The van der Waals surface area contributed by atoms with Crippen molar-refractivity contribution >= 4 is 23.1 Å². The SMILES string of the molecule is Cc1ccc(NC(=O)Nc2ccc3c(c2)CCCN3)cc1. The molecule has 1 aliphatic heterocycles. The number of aryl methyl sites for hydroxylation is 2. The number of anilines is 3. The number of carbonyl (C=O) groups is 1. The Morgan fingerprint density at radius 3 is 2.57 bits per heavy atom. The Hall–Kier alpha value is -2.49. The molecule has 0 spiro atoms. The second kappa shape index (κ2) is 5.87. The van der Waals surface area contributed by atoms with Gasteiger partial charge in [-0.05, 0) is 55.7 Å². The molecule has 4 nitrogen and oxygen atoms in total. The molecule has 2 aromatic carbocycles. The van der Waals surface area contributed by atoms with E-state index in [-0.39, 0.29) is 6.03 Å². The van der Waals surface area contributed by atoms with Crippen LogP contribution >= 0.6 is 0 Å². The highest BCUT2D eigenvalue weighted by atomic mass is 16.2. The summed E-state index contributed by atoms with van der Waals surface area (Å²) < 4.78 is 0. The molecule has 3 rings (SSSR count). The minimum Gasteiger partial charge on any atom is -0.385 e. The zero-order valence-electron chi connectivity index (χ0n) is 12.1. The van der Waals surface area contributed by atoms with Crippen molar-refractivity contribution in [2.75, 3.05) is 22.5 Å². The monoisotopic (exact) mass is 281 g/mol. The lowest BCUT2D eigenvalue weighted by Gasteiger charge is -2.18. The van der Waals surface area contributed by atoms with Crippen LogP contribution in [0.3, 0.4) is 0 Å². The van der Waals surface area contributed by atoms with Crippen LogP contribution in [0, 0.1) is 6.92 Å². The Balaban J connectivity index is 1.65. The first-order chi connectivity index (χ1) is 10.2. The first-order valence-corrected chi connectivity index (χ1v) is 7.22. The molecule has 1 aliphatic rings. The van der Waals surface area contributed by atoms with Crippen LogP contribution in [0.15, 0.2) is 42.5 Å². The van der Waals surface area contributed by atoms with Crippen LogP contribution in [0.2, 0.25) is 0 Å². The van der Waals surface area contributed by atoms with Crippen molar-refractivity contribution in [1.29, 1.82) is 0 Å². The van der Waals surface area contributed by atoms with Crippen LogP contribution in [-0.4, -0.2) is 12.6 Å². The van der Waals surface area contributed by atoms with E-state index in [1.54, 1.807) is 0 Å². The van der Waals surface area contributed by atoms with Crippen LogP contribution in [0.4, 0.5) is 21.9 Å². The van der Waals surface area contributed by atoms with Gasteiger partial charge in [-0.1, -0.05) is 17.7 Å². The Morgan fingerprint density at radius 1 is 1.05 bits per heavy atom. The van der Waals surface area contributed by atoms with Gasteiger partial charge in [0.05, 0.1) is 0 Å². The summed E-state index contributed by atoms with van der Waals surface area (Å²) in [5, 5.41) is 9.07. The highest BCUT2D eigenvalue weighted by Gasteiger charge is 2.10. The lowest BCUT2D eigenvalue weighted by Crippen LogP contribution is -2.20. The van der Waals surface area contributed by atoms with Gasteiger partial charge in [-0.25, -0.2) is 4.79 Å². The van der Waals surface area contributed by atoms with Crippen molar-refractivity contribution in [2.24, 2.45) is 0 Å². The molecular formula is C17H19N3O. The fourth-order valence-electron chi connectivity index (χ4n) is 2.48. The molecular weight excluding hydrogens is 262 g/mol. The quantitative estimate of drug-likeness (QED) is 0.779. The zero-order chi connectivity index (χ0) is 14.7. The van der Waals surface area contributed by atoms with E-state index in [9.17, 15) is 4.79 Å². The fraction of sp³-hybridized carbons (Fsp3) is 0.235. The predicted octanol–water partition coefficient (Wildman–Crippen LogP) is 4.00. The molecule has 2 aromatic rings. The summed E-state index contributed by atoms with van der Waals surface area (Å²) in [5.41, 5.74) is 5.21. The Bertz CT molecular complexity index is 650. The Morgan fingerprint density at radius 2 is 1.76 bits per heavy atom. The minimum absolute atomic E-state index is 0.220. The summed E-state index contributed by atoms with van der Waals surface area (Å²) in [7, 11) is 0. The van der Waals surface area contributed by atoms with Crippen LogP contribution in [0.1, 0.15) is 17.5 Å². The lowest BCUT2D eigenvalue weighted by atomic mass is 10.0. The van der Waals surface area contributed by atoms with E-state index in [1.807, 2.05) is 49.4 Å². The lowest BCUT2D eigenvalue weighted by molar-refractivity contribution is 0.262. The van der Waals surface area contributed by atoms with Crippen molar-refractivity contribution in [3.05, 3.63) is 53.6 Å². The second-order valence-corrected chi connectivity index (χ2v) is 5.35. The molecule has 0 radical (unpaired) electrons. The number of amides is 2. The van der Waals surface area contributed by atoms with Crippen molar-refractivity contribution in [1.82, 2.24) is 0 Å². The number of carbonyl (C=O) groups excluding carboxylic acids is 1. The average Bonchev–Trinajstić information content (AvgIpc) is 2.49. The van der Waals surface area contributed by atoms with Gasteiger partial charge in [0.25, 0.3) is 0 Å². The highest BCUT2D eigenvalue weighted by molar-refractivity contribution is 5.99. The van der Waals surface area contributed by atoms with Gasteiger partial charge >= 0.3 is 6.03 Å². The molecule has 21 heavy (non-hydrogen) atoms. The predicted molar refractivity (Wildman–Crippen MR) is 87.1 cm³/mol. The Labute approximate surface area is 124 Å². The van der Waals surface area contributed by atoms with Crippen LogP contribution in [0.25, 0.3) is 0 Å².